The van der Waals surface area contributed by atoms with E-state index in [1.165, 1.54) is 0 Å². The van der Waals surface area contributed by atoms with E-state index >= 15 is 0 Å². The molecule has 1 nitrogen and oxygen atoms in total. The molecule has 1 rings (SSSR count). The van der Waals surface area contributed by atoms with Crippen molar-refractivity contribution in [1.29, 1.82) is 0 Å². The van der Waals surface area contributed by atoms with Gasteiger partial charge in [-0.15, -0.1) is 11.8 Å². The molecule has 0 spiro atoms. The van der Waals surface area contributed by atoms with Gasteiger partial charge in [0.2, 0.25) is 0 Å². The van der Waals surface area contributed by atoms with E-state index in [2.05, 4.69) is 15.9 Å². The minimum atomic E-state index is 0.182. The van der Waals surface area contributed by atoms with Crippen LogP contribution < -0.4 is 0 Å². The summed E-state index contributed by atoms with van der Waals surface area (Å²) in [7, 11) is 0. The van der Waals surface area contributed by atoms with Gasteiger partial charge in [0, 0.05) is 4.91 Å². The zero-order valence-electron chi connectivity index (χ0n) is 5.06. The fourth-order valence-corrected chi connectivity index (χ4v) is 2.28. The zero-order chi connectivity index (χ0) is 6.85. The molecule has 0 aromatic rings. The molecular formula is C6H7BrOS. The number of hydrogen-bond donors (Lipinski definition) is 0. The Hall–Kier alpha value is 0.240. The molecule has 0 fully saturated rings. The zero-order valence-corrected chi connectivity index (χ0v) is 7.46. The normalized spacial score (nSPS) is 26.0. The van der Waals surface area contributed by atoms with E-state index in [1.807, 2.05) is 6.08 Å². The third-order valence-corrected chi connectivity index (χ3v) is 3.18. The van der Waals surface area contributed by atoms with Gasteiger partial charge in [-0.05, 0) is 13.3 Å². The predicted molar refractivity (Wildman–Crippen MR) is 43.7 cm³/mol. The third kappa shape index (κ3) is 1.83. The fraction of sp³-hybridized carbons (Fsp3) is 0.500. The second-order valence-electron chi connectivity index (χ2n) is 1.89. The van der Waals surface area contributed by atoms with E-state index in [4.69, 9.17) is 0 Å². The van der Waals surface area contributed by atoms with Crippen LogP contribution in [0, 0.1) is 0 Å². The minimum absolute atomic E-state index is 0.182. The molecule has 0 aromatic heterocycles. The Labute approximate surface area is 67.0 Å². The van der Waals surface area contributed by atoms with E-state index < -0.39 is 0 Å². The van der Waals surface area contributed by atoms with Crippen LogP contribution >= 0.6 is 27.7 Å². The molecule has 0 N–H and O–H groups in total. The summed E-state index contributed by atoms with van der Waals surface area (Å²) in [5.74, 6) is 0.182. The monoisotopic (exact) mass is 206 g/mol. The average Bonchev–Trinajstić information content (AvgIpc) is 2.14. The number of alkyl halides is 1. The number of carbonyl (C=O) groups excluding carboxylic acids is 1. The second kappa shape index (κ2) is 2.88. The number of allylic oxidation sites excluding steroid dienone is 2. The Morgan fingerprint density at radius 3 is 2.89 bits per heavy atom. The molecule has 0 aromatic carbocycles. The Bertz CT molecular complexity index is 164. The summed E-state index contributed by atoms with van der Waals surface area (Å²) in [5.41, 5.74) is 0. The van der Waals surface area contributed by atoms with Crippen molar-refractivity contribution in [3.8, 4) is 0 Å². The van der Waals surface area contributed by atoms with Crippen molar-refractivity contribution in [3.05, 3.63) is 11.0 Å². The Morgan fingerprint density at radius 2 is 2.67 bits per heavy atom. The van der Waals surface area contributed by atoms with E-state index in [-0.39, 0.29) is 5.78 Å². The molecule has 0 aliphatic carbocycles. The van der Waals surface area contributed by atoms with Gasteiger partial charge in [-0.1, -0.05) is 22.0 Å². The van der Waals surface area contributed by atoms with Gasteiger partial charge in [0.15, 0.2) is 5.78 Å². The maximum absolute atomic E-state index is 10.7. The Balaban J connectivity index is 2.55. The van der Waals surface area contributed by atoms with Crippen LogP contribution in [0.15, 0.2) is 11.0 Å². The van der Waals surface area contributed by atoms with Gasteiger partial charge in [-0.25, -0.2) is 0 Å². The van der Waals surface area contributed by atoms with Crippen LogP contribution in [-0.4, -0.2) is 9.94 Å². The maximum Gasteiger partial charge on any atom is 0.165 e. The summed E-state index contributed by atoms with van der Waals surface area (Å²) in [6.07, 6.45) is 2.95. The van der Waals surface area contributed by atoms with Gasteiger partial charge >= 0.3 is 0 Å². The van der Waals surface area contributed by atoms with Crippen LogP contribution in [0.5, 0.6) is 0 Å². The smallest absolute Gasteiger partial charge is 0.165 e. The van der Waals surface area contributed by atoms with Crippen molar-refractivity contribution in [2.24, 2.45) is 0 Å². The summed E-state index contributed by atoms with van der Waals surface area (Å²) < 4.78 is 0.427. The highest BCUT2D eigenvalue weighted by Gasteiger charge is 2.16. The first-order valence-electron chi connectivity index (χ1n) is 2.72. The van der Waals surface area contributed by atoms with Gasteiger partial charge in [0.1, 0.15) is 0 Å². The molecular weight excluding hydrogens is 200 g/mol. The largest absolute Gasteiger partial charge is 0.294 e. The van der Waals surface area contributed by atoms with Crippen LogP contribution in [0.2, 0.25) is 0 Å². The molecule has 0 saturated carbocycles. The highest BCUT2D eigenvalue weighted by atomic mass is 79.9. The average molecular weight is 207 g/mol. The molecule has 0 saturated heterocycles. The van der Waals surface area contributed by atoms with E-state index in [0.29, 0.717) is 4.16 Å². The van der Waals surface area contributed by atoms with E-state index in [9.17, 15) is 4.79 Å². The van der Waals surface area contributed by atoms with Crippen molar-refractivity contribution < 1.29 is 4.79 Å². The van der Waals surface area contributed by atoms with Crippen LogP contribution in [-0.2, 0) is 4.79 Å². The van der Waals surface area contributed by atoms with Crippen molar-refractivity contribution in [2.45, 2.75) is 17.5 Å². The number of thioether (sulfide) groups is 1. The molecule has 50 valence electrons. The molecule has 1 atom stereocenters. The topological polar surface area (TPSA) is 17.1 Å². The third-order valence-electron chi connectivity index (χ3n) is 1.09. The number of halogens is 1. The SMILES string of the molecule is CC(=O)C1=CCC(Br)S1. The molecule has 1 aliphatic heterocycles. The first kappa shape index (κ1) is 7.35. The lowest BCUT2D eigenvalue weighted by molar-refractivity contribution is -0.112. The van der Waals surface area contributed by atoms with Crippen LogP contribution in [0.25, 0.3) is 0 Å². The highest BCUT2D eigenvalue weighted by Crippen LogP contribution is 2.35. The van der Waals surface area contributed by atoms with Gasteiger partial charge in [-0.2, -0.15) is 0 Å². The highest BCUT2D eigenvalue weighted by molar-refractivity contribution is 9.11. The standard InChI is InChI=1S/C6H7BrOS/c1-4(8)5-2-3-6(7)9-5/h2,6H,3H2,1H3. The molecule has 1 aliphatic rings. The molecule has 3 heteroatoms. The summed E-state index contributed by atoms with van der Waals surface area (Å²) in [6, 6.07) is 0. The van der Waals surface area contributed by atoms with Crippen LogP contribution in [0.3, 0.4) is 0 Å². The van der Waals surface area contributed by atoms with Gasteiger partial charge in [-0.3, -0.25) is 4.79 Å². The first-order valence-corrected chi connectivity index (χ1v) is 4.51. The summed E-state index contributed by atoms with van der Waals surface area (Å²) in [4.78, 5) is 11.6. The number of carbonyl (C=O) groups is 1. The molecule has 0 bridgehead atoms. The van der Waals surface area contributed by atoms with Gasteiger partial charge in [0.05, 0.1) is 4.16 Å². The number of ketones is 1. The summed E-state index contributed by atoms with van der Waals surface area (Å²) in [6.45, 7) is 1.60. The van der Waals surface area contributed by atoms with Crippen LogP contribution in [0.4, 0.5) is 0 Å². The van der Waals surface area contributed by atoms with Crippen molar-refractivity contribution in [2.75, 3.05) is 0 Å². The quantitative estimate of drug-likeness (QED) is 0.613. The van der Waals surface area contributed by atoms with Crippen molar-refractivity contribution in [1.82, 2.24) is 0 Å². The molecule has 0 amide bonds. The molecule has 1 unspecified atom stereocenters. The van der Waals surface area contributed by atoms with Crippen LogP contribution in [0.1, 0.15) is 13.3 Å². The summed E-state index contributed by atoms with van der Waals surface area (Å²) >= 11 is 5.01. The predicted octanol–water partition coefficient (Wildman–Crippen LogP) is 2.32. The maximum atomic E-state index is 10.7. The Kier molecular flexibility index (Phi) is 2.35. The van der Waals surface area contributed by atoms with Gasteiger partial charge in [0.25, 0.3) is 0 Å². The second-order valence-corrected chi connectivity index (χ2v) is 4.84. The lowest BCUT2D eigenvalue weighted by atomic mass is 10.3. The number of Topliss-reactive ketones (excluding diaryl/α,β-unsaturated/α-hetero) is 1. The molecule has 9 heavy (non-hydrogen) atoms. The molecule has 0 radical (unpaired) electrons. The lowest BCUT2D eigenvalue weighted by Crippen LogP contribution is -1.88. The van der Waals surface area contributed by atoms with Crippen molar-refractivity contribution in [3.63, 3.8) is 0 Å². The van der Waals surface area contributed by atoms with E-state index in [1.54, 1.807) is 18.7 Å². The number of hydrogen-bond acceptors (Lipinski definition) is 2. The Morgan fingerprint density at radius 1 is 2.00 bits per heavy atom. The minimum Gasteiger partial charge on any atom is -0.294 e. The summed E-state index contributed by atoms with van der Waals surface area (Å²) in [5, 5.41) is 0. The van der Waals surface area contributed by atoms with Gasteiger partial charge < -0.3 is 0 Å². The molecule has 1 heterocycles. The van der Waals surface area contributed by atoms with Crippen molar-refractivity contribution >= 4 is 33.5 Å². The fourth-order valence-electron chi connectivity index (χ4n) is 0.660. The first-order chi connectivity index (χ1) is 4.20. The van der Waals surface area contributed by atoms with E-state index in [0.717, 1.165) is 11.3 Å². The number of rotatable bonds is 1. The lowest BCUT2D eigenvalue weighted by Gasteiger charge is -1.95.